The van der Waals surface area contributed by atoms with E-state index in [9.17, 15) is 13.2 Å². The molecule has 0 saturated carbocycles. The van der Waals surface area contributed by atoms with Crippen LogP contribution in [0.4, 0.5) is 22.7 Å². The average molecular weight is 670 g/mol. The number of amides is 1. The summed E-state index contributed by atoms with van der Waals surface area (Å²) in [4.78, 5) is 13.6. The van der Waals surface area contributed by atoms with Crippen LogP contribution in [0.25, 0.3) is 0 Å². The summed E-state index contributed by atoms with van der Waals surface area (Å²) >= 11 is 0. The second kappa shape index (κ2) is 16.7. The van der Waals surface area contributed by atoms with Gasteiger partial charge >= 0.3 is 0 Å². The number of anilines is 4. The Labute approximate surface area is 287 Å². The SMILES string of the molecule is CCCCCCOc1ccc(Nc2ccc(NS(=O)(=O)c3c(C(C)C)cc(C(C)C)cc3C(C)C)cc2NC(=O)c2ccccc2)cc1. The fourth-order valence-electron chi connectivity index (χ4n) is 5.52. The summed E-state index contributed by atoms with van der Waals surface area (Å²) < 4.78 is 37.1. The van der Waals surface area contributed by atoms with E-state index in [2.05, 4.69) is 36.1 Å². The number of rotatable bonds is 16. The second-order valence-electron chi connectivity index (χ2n) is 13.2. The molecule has 1 amide bonds. The molecule has 0 aliphatic rings. The Morgan fingerprint density at radius 2 is 1.33 bits per heavy atom. The van der Waals surface area contributed by atoms with Crippen LogP contribution in [0.15, 0.2) is 89.8 Å². The largest absolute Gasteiger partial charge is 0.494 e. The zero-order chi connectivity index (χ0) is 34.8. The molecule has 256 valence electrons. The van der Waals surface area contributed by atoms with Gasteiger partial charge in [-0.1, -0.05) is 98.1 Å². The molecular weight excluding hydrogens is 619 g/mol. The van der Waals surface area contributed by atoms with Gasteiger partial charge in [0.15, 0.2) is 0 Å². The highest BCUT2D eigenvalue weighted by Gasteiger charge is 2.27. The maximum Gasteiger partial charge on any atom is 0.262 e. The van der Waals surface area contributed by atoms with Crippen molar-refractivity contribution in [3.63, 3.8) is 0 Å². The number of ether oxygens (including phenoxy) is 1. The maximum absolute atomic E-state index is 14.2. The van der Waals surface area contributed by atoms with Crippen LogP contribution in [0, 0.1) is 0 Å². The Bertz CT molecular complexity index is 1740. The van der Waals surface area contributed by atoms with Crippen molar-refractivity contribution < 1.29 is 17.9 Å². The lowest BCUT2D eigenvalue weighted by atomic mass is 9.89. The van der Waals surface area contributed by atoms with Crippen LogP contribution >= 0.6 is 0 Å². The fraction of sp³-hybridized carbons (Fsp3) is 0.375. The van der Waals surface area contributed by atoms with Crippen molar-refractivity contribution in [1.29, 1.82) is 0 Å². The minimum atomic E-state index is -3.99. The first kappa shape index (κ1) is 36.5. The molecule has 0 radical (unpaired) electrons. The predicted molar refractivity (Wildman–Crippen MR) is 200 cm³/mol. The highest BCUT2D eigenvalue weighted by Crippen LogP contribution is 2.37. The molecule has 0 unspecified atom stereocenters. The Kier molecular flexibility index (Phi) is 12.7. The Morgan fingerprint density at radius 1 is 0.708 bits per heavy atom. The summed E-state index contributed by atoms with van der Waals surface area (Å²) in [5.41, 5.74) is 5.38. The van der Waals surface area contributed by atoms with Gasteiger partial charge in [-0.3, -0.25) is 9.52 Å². The first-order valence-electron chi connectivity index (χ1n) is 17.1. The molecule has 0 spiro atoms. The molecule has 8 heteroatoms. The smallest absolute Gasteiger partial charge is 0.262 e. The zero-order valence-corrected chi connectivity index (χ0v) is 30.2. The van der Waals surface area contributed by atoms with E-state index in [0.717, 1.165) is 41.0 Å². The quantitative estimate of drug-likeness (QED) is 0.103. The number of unbranched alkanes of at least 4 members (excludes halogenated alkanes) is 3. The van der Waals surface area contributed by atoms with Gasteiger partial charge in [0.25, 0.3) is 15.9 Å². The highest BCUT2D eigenvalue weighted by molar-refractivity contribution is 7.92. The molecule has 48 heavy (non-hydrogen) atoms. The van der Waals surface area contributed by atoms with E-state index >= 15 is 0 Å². The van der Waals surface area contributed by atoms with E-state index in [1.165, 1.54) is 12.8 Å². The summed E-state index contributed by atoms with van der Waals surface area (Å²) in [6, 6.07) is 25.8. The van der Waals surface area contributed by atoms with Gasteiger partial charge in [-0.05, 0) is 95.5 Å². The molecule has 4 aromatic rings. The molecule has 4 aromatic carbocycles. The first-order chi connectivity index (χ1) is 22.9. The molecule has 0 fully saturated rings. The summed E-state index contributed by atoms with van der Waals surface area (Å²) in [5.74, 6) is 0.747. The Hall–Kier alpha value is -4.30. The predicted octanol–water partition coefficient (Wildman–Crippen LogP) is 10.8. The van der Waals surface area contributed by atoms with Gasteiger partial charge in [-0.25, -0.2) is 8.42 Å². The monoisotopic (exact) mass is 669 g/mol. The van der Waals surface area contributed by atoms with Crippen molar-refractivity contribution in [2.75, 3.05) is 22.0 Å². The number of nitrogens with one attached hydrogen (secondary N) is 3. The molecule has 0 bridgehead atoms. The first-order valence-corrected chi connectivity index (χ1v) is 18.6. The third-order valence-corrected chi connectivity index (χ3v) is 9.82. The van der Waals surface area contributed by atoms with E-state index in [1.54, 1.807) is 42.5 Å². The van der Waals surface area contributed by atoms with Gasteiger partial charge in [-0.2, -0.15) is 0 Å². The molecule has 0 aliphatic carbocycles. The van der Waals surface area contributed by atoms with Crippen molar-refractivity contribution in [1.82, 2.24) is 0 Å². The number of hydrogen-bond acceptors (Lipinski definition) is 5. The van der Waals surface area contributed by atoms with Crippen LogP contribution in [-0.4, -0.2) is 20.9 Å². The summed E-state index contributed by atoms with van der Waals surface area (Å²) in [5, 5.41) is 6.37. The van der Waals surface area contributed by atoms with Crippen LogP contribution in [-0.2, 0) is 10.0 Å². The molecule has 7 nitrogen and oxygen atoms in total. The van der Waals surface area contributed by atoms with Gasteiger partial charge in [0.2, 0.25) is 0 Å². The lowest BCUT2D eigenvalue weighted by Gasteiger charge is -2.23. The van der Waals surface area contributed by atoms with Crippen LogP contribution in [0.2, 0.25) is 0 Å². The third-order valence-electron chi connectivity index (χ3n) is 8.30. The molecule has 0 atom stereocenters. The molecule has 0 aliphatic heterocycles. The lowest BCUT2D eigenvalue weighted by Crippen LogP contribution is -2.19. The Balaban J connectivity index is 1.66. The zero-order valence-electron chi connectivity index (χ0n) is 29.4. The third kappa shape index (κ3) is 9.63. The maximum atomic E-state index is 14.2. The second-order valence-corrected chi connectivity index (χ2v) is 14.9. The van der Waals surface area contributed by atoms with Crippen molar-refractivity contribution in [2.45, 2.75) is 96.8 Å². The summed E-state index contributed by atoms with van der Waals surface area (Å²) in [6.45, 7) is 15.2. The van der Waals surface area contributed by atoms with Crippen LogP contribution in [0.1, 0.15) is 119 Å². The average Bonchev–Trinajstić information content (AvgIpc) is 3.06. The van der Waals surface area contributed by atoms with Crippen molar-refractivity contribution in [2.24, 2.45) is 0 Å². The number of hydrogen-bond donors (Lipinski definition) is 3. The molecule has 0 heterocycles. The van der Waals surface area contributed by atoms with Crippen LogP contribution in [0.3, 0.4) is 0 Å². The fourth-order valence-corrected chi connectivity index (χ4v) is 7.27. The number of carbonyl (C=O) groups excluding carboxylic acids is 1. The van der Waals surface area contributed by atoms with E-state index in [-0.39, 0.29) is 23.7 Å². The van der Waals surface area contributed by atoms with E-state index < -0.39 is 10.0 Å². The van der Waals surface area contributed by atoms with Crippen molar-refractivity contribution in [3.05, 3.63) is 107 Å². The molecule has 3 N–H and O–H groups in total. The normalized spacial score (nSPS) is 11.6. The minimum absolute atomic E-state index is 0.00193. The van der Waals surface area contributed by atoms with Gasteiger partial charge < -0.3 is 15.4 Å². The molecular formula is C40H51N3O4S. The van der Waals surface area contributed by atoms with E-state index in [1.807, 2.05) is 70.2 Å². The number of carbonyl (C=O) groups is 1. The molecule has 4 rings (SSSR count). The Morgan fingerprint density at radius 3 is 1.92 bits per heavy atom. The van der Waals surface area contributed by atoms with Gasteiger partial charge in [0.05, 0.1) is 28.6 Å². The molecule has 0 aromatic heterocycles. The van der Waals surface area contributed by atoms with E-state index in [4.69, 9.17) is 4.74 Å². The molecule has 0 saturated heterocycles. The van der Waals surface area contributed by atoms with Crippen molar-refractivity contribution in [3.8, 4) is 5.75 Å². The number of sulfonamides is 1. The van der Waals surface area contributed by atoms with Gasteiger partial charge in [-0.15, -0.1) is 0 Å². The van der Waals surface area contributed by atoms with E-state index in [0.29, 0.717) is 34.1 Å². The number of benzene rings is 4. The topological polar surface area (TPSA) is 96.5 Å². The van der Waals surface area contributed by atoms with Gasteiger partial charge in [0, 0.05) is 11.3 Å². The minimum Gasteiger partial charge on any atom is -0.494 e. The standard InChI is InChI=1S/C40H51N3O4S/c1-8-9-10-14-23-47-34-20-17-32(18-21-34)41-37-22-19-33(26-38(37)42-40(44)30-15-12-11-13-16-30)43-48(45,46)39-35(28(4)5)24-31(27(2)3)25-36(39)29(6)7/h11-13,15-22,24-29,41,43H,8-10,14,23H2,1-7H3,(H,42,44). The highest BCUT2D eigenvalue weighted by atomic mass is 32.2. The van der Waals surface area contributed by atoms with Crippen LogP contribution < -0.4 is 20.1 Å². The lowest BCUT2D eigenvalue weighted by molar-refractivity contribution is 0.102. The van der Waals surface area contributed by atoms with Crippen molar-refractivity contribution >= 4 is 38.7 Å². The van der Waals surface area contributed by atoms with Gasteiger partial charge in [0.1, 0.15) is 5.75 Å². The summed E-state index contributed by atoms with van der Waals surface area (Å²) in [6.07, 6.45) is 4.57. The summed E-state index contributed by atoms with van der Waals surface area (Å²) in [7, 11) is -3.99. The van der Waals surface area contributed by atoms with Crippen LogP contribution in [0.5, 0.6) is 5.75 Å².